The number of benzene rings is 7. The van der Waals surface area contributed by atoms with Crippen LogP contribution >= 0.6 is 0 Å². The topological polar surface area (TPSA) is 48.8 Å². The Bertz CT molecular complexity index is 3690. The first-order valence-electron chi connectivity index (χ1n) is 20.7. The molecule has 0 saturated heterocycles. The number of hydrogen-bond acceptors (Lipinski definition) is 3. The summed E-state index contributed by atoms with van der Waals surface area (Å²) < 4.78 is 11.5. The van der Waals surface area contributed by atoms with Gasteiger partial charge in [-0.25, -0.2) is 4.98 Å². The first-order chi connectivity index (χ1) is 29.9. The van der Waals surface area contributed by atoms with Gasteiger partial charge in [0.15, 0.2) is 0 Å². The fraction of sp³-hybridized carbons (Fsp3) is 0.0714. The van der Waals surface area contributed by atoms with Crippen molar-refractivity contribution in [2.24, 2.45) is 0 Å². The van der Waals surface area contributed by atoms with Crippen LogP contribution in [0.3, 0.4) is 0 Å². The Morgan fingerprint density at radius 2 is 1.10 bits per heavy atom. The van der Waals surface area contributed by atoms with Crippen LogP contribution in [0.15, 0.2) is 181 Å². The minimum Gasteiger partial charge on any atom is -0.501 e. The number of aromatic nitrogens is 4. The molecule has 0 aliphatic heterocycles. The van der Waals surface area contributed by atoms with E-state index in [4.69, 9.17) is 14.4 Å². The van der Waals surface area contributed by atoms with Gasteiger partial charge in [-0.2, -0.15) is 6.07 Å². The number of para-hydroxylation sites is 2. The van der Waals surface area contributed by atoms with Crippen LogP contribution in [-0.4, -0.2) is 19.1 Å². The molecule has 5 nitrogen and oxygen atoms in total. The standard InChI is InChI=1S/C56H38N4O.Pt/c1-56(2,3)39-25-27-58-54(30-39)60-50-21-13-11-19-42(50)45-33-44-41-18-10-12-20-49(41)59(51(44)34-52(45)60)40-31-46-43-23-22-37(35-14-6-4-7-15-35)29-53(43)61-55(46)47(32-40)48-28-38(24-26-57-48)36-16-8-5-9-17-36;/h4-31,33H,1-3H3;/q-2;+2. The molecule has 0 amide bonds. The third-order valence-corrected chi connectivity index (χ3v) is 12.2. The van der Waals surface area contributed by atoms with Crippen LogP contribution < -0.4 is 0 Å². The Kier molecular flexibility index (Phi) is 8.89. The second kappa shape index (κ2) is 14.5. The van der Waals surface area contributed by atoms with Crippen LogP contribution in [0.2, 0.25) is 0 Å². The van der Waals surface area contributed by atoms with E-state index >= 15 is 0 Å². The van der Waals surface area contributed by atoms with Crippen molar-refractivity contribution < 1.29 is 25.5 Å². The van der Waals surface area contributed by atoms with E-state index in [2.05, 4.69) is 194 Å². The van der Waals surface area contributed by atoms with Gasteiger partial charge in [-0.05, 0) is 91.8 Å². The van der Waals surface area contributed by atoms with Gasteiger partial charge in [0, 0.05) is 28.8 Å². The normalized spacial score (nSPS) is 12.0. The Hall–Kier alpha value is -7.07. The van der Waals surface area contributed by atoms with Gasteiger partial charge in [0.25, 0.3) is 0 Å². The molecule has 298 valence electrons. The molecule has 7 aromatic carbocycles. The maximum absolute atomic E-state index is 6.88. The summed E-state index contributed by atoms with van der Waals surface area (Å²) in [5.41, 5.74) is 13.7. The molecule has 62 heavy (non-hydrogen) atoms. The Morgan fingerprint density at radius 1 is 0.484 bits per heavy atom. The largest absolute Gasteiger partial charge is 2.00 e. The minimum atomic E-state index is -0.0398. The summed E-state index contributed by atoms with van der Waals surface area (Å²) in [4.78, 5) is 9.95. The molecule has 0 saturated carbocycles. The van der Waals surface area contributed by atoms with Gasteiger partial charge in [0.2, 0.25) is 0 Å². The maximum atomic E-state index is 6.88. The zero-order valence-corrected chi connectivity index (χ0v) is 36.5. The van der Waals surface area contributed by atoms with Crippen molar-refractivity contribution in [3.8, 4) is 45.0 Å². The SMILES string of the molecule is CC(C)(C)c1ccnc(-n2c3[c-]c4c(cc3c3ccccc32)c2ccccc2n4-c2[c-]c(-c3cc(-c4ccccc4)ccn3)c3oc4cc(-c5ccccc5)ccc4c3c2)c1.[Pt+2]. The zero-order valence-electron chi connectivity index (χ0n) is 34.3. The molecule has 0 radical (unpaired) electrons. The van der Waals surface area contributed by atoms with Crippen LogP contribution in [0.4, 0.5) is 0 Å². The number of hydrogen-bond donors (Lipinski definition) is 0. The molecule has 12 aromatic rings. The van der Waals surface area contributed by atoms with Gasteiger partial charge in [0.05, 0.1) is 5.58 Å². The van der Waals surface area contributed by atoms with E-state index in [0.717, 1.165) is 111 Å². The summed E-state index contributed by atoms with van der Waals surface area (Å²) in [6.07, 6.45) is 3.81. The quantitative estimate of drug-likeness (QED) is 0.162. The first kappa shape index (κ1) is 37.9. The van der Waals surface area contributed by atoms with Crippen LogP contribution in [0.5, 0.6) is 0 Å². The summed E-state index contributed by atoms with van der Waals surface area (Å²) in [5, 5.41) is 6.58. The van der Waals surface area contributed by atoms with Crippen molar-refractivity contribution >= 4 is 65.6 Å². The van der Waals surface area contributed by atoms with E-state index in [-0.39, 0.29) is 26.5 Å². The second-order valence-electron chi connectivity index (χ2n) is 16.9. The Morgan fingerprint density at radius 3 is 1.79 bits per heavy atom. The molecular formula is C56H38N4OPt. The monoisotopic (exact) mass is 977 g/mol. The van der Waals surface area contributed by atoms with E-state index in [9.17, 15) is 0 Å². The van der Waals surface area contributed by atoms with Gasteiger partial charge in [-0.3, -0.25) is 0 Å². The number of furan rings is 1. The predicted octanol–water partition coefficient (Wildman–Crippen LogP) is 14.5. The molecule has 0 atom stereocenters. The van der Waals surface area contributed by atoms with E-state index in [1.165, 1.54) is 5.56 Å². The van der Waals surface area contributed by atoms with Crippen molar-refractivity contribution in [3.05, 3.63) is 194 Å². The number of nitrogens with zero attached hydrogens (tertiary/aromatic N) is 4. The molecule has 5 heterocycles. The maximum Gasteiger partial charge on any atom is 2.00 e. The smallest absolute Gasteiger partial charge is 0.501 e. The summed E-state index contributed by atoms with van der Waals surface area (Å²) in [6, 6.07) is 65.6. The van der Waals surface area contributed by atoms with Gasteiger partial charge in [0.1, 0.15) is 11.4 Å². The van der Waals surface area contributed by atoms with Crippen molar-refractivity contribution in [2.45, 2.75) is 26.2 Å². The third kappa shape index (κ3) is 6.02. The fourth-order valence-electron chi connectivity index (χ4n) is 9.11. The molecule has 0 bridgehead atoms. The van der Waals surface area contributed by atoms with Crippen molar-refractivity contribution in [2.75, 3.05) is 0 Å². The van der Waals surface area contributed by atoms with Crippen LogP contribution in [-0.2, 0) is 26.5 Å². The molecule has 6 heteroatoms. The molecule has 0 spiro atoms. The van der Waals surface area contributed by atoms with Crippen molar-refractivity contribution in [1.82, 2.24) is 19.1 Å². The first-order valence-corrected chi connectivity index (χ1v) is 20.7. The van der Waals surface area contributed by atoms with E-state index in [1.807, 2.05) is 24.5 Å². The van der Waals surface area contributed by atoms with E-state index in [0.29, 0.717) is 0 Å². The Labute approximate surface area is 373 Å². The van der Waals surface area contributed by atoms with Gasteiger partial charge < -0.3 is 18.5 Å². The average Bonchev–Trinajstić information content (AvgIpc) is 3.95. The fourth-order valence-corrected chi connectivity index (χ4v) is 9.11. The van der Waals surface area contributed by atoms with Crippen molar-refractivity contribution in [1.29, 1.82) is 0 Å². The molecule has 5 aromatic heterocycles. The van der Waals surface area contributed by atoms with E-state index in [1.54, 1.807) is 0 Å². The summed E-state index contributed by atoms with van der Waals surface area (Å²) >= 11 is 0. The van der Waals surface area contributed by atoms with Gasteiger partial charge in [-0.1, -0.05) is 158 Å². The molecule has 0 aliphatic rings. The molecule has 0 N–H and O–H groups in total. The third-order valence-electron chi connectivity index (χ3n) is 12.2. The minimum absolute atomic E-state index is 0. The van der Waals surface area contributed by atoms with Gasteiger partial charge >= 0.3 is 21.1 Å². The number of pyridine rings is 2. The van der Waals surface area contributed by atoms with Crippen LogP contribution in [0.1, 0.15) is 26.3 Å². The average molecular weight is 978 g/mol. The number of fused-ring (bicyclic) bond motifs is 9. The van der Waals surface area contributed by atoms with Crippen LogP contribution in [0, 0.1) is 12.1 Å². The predicted molar refractivity (Wildman–Crippen MR) is 251 cm³/mol. The molecule has 0 unspecified atom stereocenters. The van der Waals surface area contributed by atoms with Crippen LogP contribution in [0.25, 0.3) is 111 Å². The molecule has 0 fully saturated rings. The molecule has 0 aliphatic carbocycles. The second-order valence-corrected chi connectivity index (χ2v) is 16.9. The molecular weight excluding hydrogens is 940 g/mol. The zero-order chi connectivity index (χ0) is 40.8. The van der Waals surface area contributed by atoms with Gasteiger partial charge in [-0.15, -0.1) is 29.0 Å². The molecule has 12 rings (SSSR count). The summed E-state index contributed by atoms with van der Waals surface area (Å²) in [5.74, 6) is 0.872. The number of rotatable bonds is 5. The van der Waals surface area contributed by atoms with E-state index < -0.39 is 0 Å². The Balaban J connectivity index is 0.00000432. The van der Waals surface area contributed by atoms with Crippen molar-refractivity contribution in [3.63, 3.8) is 0 Å². The summed E-state index contributed by atoms with van der Waals surface area (Å²) in [6.45, 7) is 6.73. The summed E-state index contributed by atoms with van der Waals surface area (Å²) in [7, 11) is 0.